The van der Waals surface area contributed by atoms with E-state index in [0.717, 1.165) is 0 Å². The number of carbonyl (C=O) groups excluding carboxylic acids is 1. The average Bonchev–Trinajstić information content (AvgIpc) is 2.58. The van der Waals surface area contributed by atoms with E-state index in [1.165, 1.54) is 18.9 Å². The fraction of sp³-hybridized carbons (Fsp3) is 0.143. The van der Waals surface area contributed by atoms with Crippen molar-refractivity contribution in [3.8, 4) is 0 Å². The number of ether oxygens (including phenoxy) is 2. The minimum Gasteiger partial charge on any atom is -0.444 e. The molecule has 0 fully saturated rings. The fourth-order valence-corrected chi connectivity index (χ4v) is 0.828. The Morgan fingerprint density at radius 2 is 2.42 bits per heavy atom. The van der Waals surface area contributed by atoms with Crippen molar-refractivity contribution in [2.75, 3.05) is 6.61 Å². The van der Waals surface area contributed by atoms with Gasteiger partial charge in [-0.2, -0.15) is 0 Å². The molecule has 5 heteroatoms. The summed E-state index contributed by atoms with van der Waals surface area (Å²) in [5, 5.41) is 0. The molecule has 12 heavy (non-hydrogen) atoms. The predicted octanol–water partition coefficient (Wildman–Crippen LogP) is 1.18. The number of carbonyl (C=O) groups is 1. The third-order valence-corrected chi connectivity index (χ3v) is 1.39. The van der Waals surface area contributed by atoms with Crippen LogP contribution in [0.5, 0.6) is 0 Å². The van der Waals surface area contributed by atoms with Crippen molar-refractivity contribution >= 4 is 11.7 Å². The molecular weight excluding hydrogens is 162 g/mol. The van der Waals surface area contributed by atoms with Gasteiger partial charge in [0.15, 0.2) is 12.2 Å². The summed E-state index contributed by atoms with van der Waals surface area (Å²) in [6, 6.07) is 0. The molecule has 1 aromatic heterocycles. The van der Waals surface area contributed by atoms with Gasteiger partial charge in [-0.05, 0) is 0 Å². The predicted molar refractivity (Wildman–Crippen MR) is 36.9 cm³/mol. The maximum atomic E-state index is 10.4. The van der Waals surface area contributed by atoms with Crippen molar-refractivity contribution in [3.05, 3.63) is 24.6 Å². The first-order chi connectivity index (χ1) is 5.86. The molecule has 1 aliphatic heterocycles. The van der Waals surface area contributed by atoms with E-state index < -0.39 is 6.16 Å². The van der Waals surface area contributed by atoms with Crippen molar-refractivity contribution < 1.29 is 18.7 Å². The molecule has 0 saturated carbocycles. The van der Waals surface area contributed by atoms with Crippen LogP contribution in [-0.4, -0.2) is 17.7 Å². The van der Waals surface area contributed by atoms with Gasteiger partial charge in [0, 0.05) is 0 Å². The lowest BCUT2D eigenvalue weighted by Gasteiger charge is -2.10. The topological polar surface area (TPSA) is 61.6 Å². The molecule has 0 saturated heterocycles. The van der Waals surface area contributed by atoms with Crippen LogP contribution in [0.25, 0.3) is 5.57 Å². The number of nitrogens with zero attached hydrogens (tertiary/aromatic N) is 1. The largest absolute Gasteiger partial charge is 0.513 e. The normalized spacial score (nSPS) is 16.3. The maximum Gasteiger partial charge on any atom is 0.513 e. The molecule has 5 nitrogen and oxygen atoms in total. The SMILES string of the molecule is O=C1OC=C(c2cnco2)CO1. The molecular formula is C7H5NO4. The Labute approximate surface area is 67.6 Å². The smallest absolute Gasteiger partial charge is 0.444 e. The van der Waals surface area contributed by atoms with E-state index in [-0.39, 0.29) is 6.61 Å². The molecule has 0 amide bonds. The lowest BCUT2D eigenvalue weighted by molar-refractivity contribution is 0.0864. The van der Waals surface area contributed by atoms with Gasteiger partial charge in [-0.1, -0.05) is 0 Å². The fourth-order valence-electron chi connectivity index (χ4n) is 0.828. The van der Waals surface area contributed by atoms with Gasteiger partial charge in [-0.3, -0.25) is 0 Å². The third-order valence-electron chi connectivity index (χ3n) is 1.39. The first kappa shape index (κ1) is 6.90. The molecule has 0 unspecified atom stereocenters. The van der Waals surface area contributed by atoms with E-state index in [2.05, 4.69) is 14.5 Å². The van der Waals surface area contributed by atoms with Crippen LogP contribution in [0.4, 0.5) is 4.79 Å². The zero-order chi connectivity index (χ0) is 8.39. The monoisotopic (exact) mass is 167 g/mol. The number of aromatic nitrogens is 1. The van der Waals surface area contributed by atoms with E-state index in [0.29, 0.717) is 11.3 Å². The summed E-state index contributed by atoms with van der Waals surface area (Å²) in [6.45, 7) is 0.161. The summed E-state index contributed by atoms with van der Waals surface area (Å²) in [5.74, 6) is 0.544. The van der Waals surface area contributed by atoms with Gasteiger partial charge in [0.2, 0.25) is 0 Å². The molecule has 0 N–H and O–H groups in total. The zero-order valence-electron chi connectivity index (χ0n) is 6.02. The number of hydrogen-bond donors (Lipinski definition) is 0. The lowest BCUT2D eigenvalue weighted by Crippen LogP contribution is -2.12. The van der Waals surface area contributed by atoms with Crippen LogP contribution in [-0.2, 0) is 9.47 Å². The highest BCUT2D eigenvalue weighted by molar-refractivity contribution is 5.71. The van der Waals surface area contributed by atoms with Crippen molar-refractivity contribution in [2.45, 2.75) is 0 Å². The Balaban J connectivity index is 2.21. The lowest BCUT2D eigenvalue weighted by atomic mass is 10.2. The van der Waals surface area contributed by atoms with Gasteiger partial charge < -0.3 is 13.9 Å². The molecule has 0 bridgehead atoms. The Morgan fingerprint density at radius 1 is 1.50 bits per heavy atom. The number of cyclic esters (lactones) is 2. The molecule has 0 aromatic carbocycles. The molecule has 0 aliphatic carbocycles. The van der Waals surface area contributed by atoms with E-state index in [1.807, 2.05) is 0 Å². The first-order valence-corrected chi connectivity index (χ1v) is 3.27. The number of hydrogen-bond acceptors (Lipinski definition) is 5. The minimum atomic E-state index is -0.696. The van der Waals surface area contributed by atoms with Crippen LogP contribution in [0.2, 0.25) is 0 Å². The van der Waals surface area contributed by atoms with E-state index in [4.69, 9.17) is 4.42 Å². The third kappa shape index (κ3) is 1.16. The maximum absolute atomic E-state index is 10.4. The van der Waals surface area contributed by atoms with Crippen molar-refractivity contribution in [2.24, 2.45) is 0 Å². The van der Waals surface area contributed by atoms with Gasteiger partial charge >= 0.3 is 6.16 Å². The second-order valence-corrected chi connectivity index (χ2v) is 2.17. The molecule has 0 atom stereocenters. The molecule has 0 spiro atoms. The minimum absolute atomic E-state index is 0.161. The quantitative estimate of drug-likeness (QED) is 0.587. The molecule has 1 aliphatic rings. The van der Waals surface area contributed by atoms with Gasteiger partial charge in [-0.25, -0.2) is 9.78 Å². The summed E-state index contributed by atoms with van der Waals surface area (Å²) >= 11 is 0. The standard InChI is InChI=1S/C7H5NO4/c9-7-10-2-5(3-11-7)6-1-8-4-12-6/h1-2,4H,3H2. The molecule has 2 rings (SSSR count). The van der Waals surface area contributed by atoms with E-state index >= 15 is 0 Å². The molecule has 62 valence electrons. The van der Waals surface area contributed by atoms with Crippen LogP contribution in [0.15, 0.2) is 23.3 Å². The zero-order valence-corrected chi connectivity index (χ0v) is 6.02. The van der Waals surface area contributed by atoms with Crippen molar-refractivity contribution in [1.82, 2.24) is 4.98 Å². The molecule has 1 aromatic rings. The first-order valence-electron chi connectivity index (χ1n) is 3.27. The summed E-state index contributed by atoms with van der Waals surface area (Å²) in [5.41, 5.74) is 0.659. The Morgan fingerprint density at radius 3 is 3.00 bits per heavy atom. The summed E-state index contributed by atoms with van der Waals surface area (Å²) in [6.07, 6.45) is 3.42. The van der Waals surface area contributed by atoms with E-state index in [9.17, 15) is 4.79 Å². The van der Waals surface area contributed by atoms with Crippen LogP contribution < -0.4 is 0 Å². The van der Waals surface area contributed by atoms with Gasteiger partial charge in [0.05, 0.1) is 11.8 Å². The molecule has 2 heterocycles. The van der Waals surface area contributed by atoms with Crippen LogP contribution in [0.1, 0.15) is 5.76 Å². The van der Waals surface area contributed by atoms with Gasteiger partial charge in [0.25, 0.3) is 0 Å². The second-order valence-electron chi connectivity index (χ2n) is 2.17. The van der Waals surface area contributed by atoms with Gasteiger partial charge in [-0.15, -0.1) is 0 Å². The summed E-state index contributed by atoms with van der Waals surface area (Å²) in [7, 11) is 0. The van der Waals surface area contributed by atoms with Gasteiger partial charge in [0.1, 0.15) is 12.9 Å². The summed E-state index contributed by atoms with van der Waals surface area (Å²) in [4.78, 5) is 14.2. The number of rotatable bonds is 1. The summed E-state index contributed by atoms with van der Waals surface area (Å²) < 4.78 is 14.1. The Bertz CT molecular complexity index is 314. The second kappa shape index (κ2) is 2.69. The van der Waals surface area contributed by atoms with Crippen LogP contribution in [0.3, 0.4) is 0 Å². The highest BCUT2D eigenvalue weighted by Gasteiger charge is 2.15. The van der Waals surface area contributed by atoms with E-state index in [1.54, 1.807) is 0 Å². The van der Waals surface area contributed by atoms with Crippen LogP contribution >= 0.6 is 0 Å². The van der Waals surface area contributed by atoms with Crippen molar-refractivity contribution in [3.63, 3.8) is 0 Å². The van der Waals surface area contributed by atoms with Crippen LogP contribution in [0, 0.1) is 0 Å². The Hall–Kier alpha value is -1.78. The van der Waals surface area contributed by atoms with Crippen molar-refractivity contribution in [1.29, 1.82) is 0 Å². The average molecular weight is 167 g/mol. The highest BCUT2D eigenvalue weighted by atomic mass is 16.7. The number of oxazole rings is 1. The molecule has 0 radical (unpaired) electrons. The Kier molecular flexibility index (Phi) is 1.55. The highest BCUT2D eigenvalue weighted by Crippen LogP contribution is 2.17.